The lowest BCUT2D eigenvalue weighted by Gasteiger charge is -2.28. The summed E-state index contributed by atoms with van der Waals surface area (Å²) in [6.07, 6.45) is 3.61. The van der Waals surface area contributed by atoms with Crippen molar-refractivity contribution in [3.63, 3.8) is 0 Å². The smallest absolute Gasteiger partial charge is 0.323 e. The Kier molecular flexibility index (Phi) is 5.13. The SMILES string of the molecule is O=C(O)CN(C(=O)c1ccc(Cl)c(N2CCNC2=O)c1)C1CCCC1. The number of carbonyl (C=O) groups excluding carboxylic acids is 2. The molecule has 3 amide bonds. The Labute approximate surface area is 150 Å². The highest BCUT2D eigenvalue weighted by molar-refractivity contribution is 6.34. The Morgan fingerprint density at radius 2 is 2.04 bits per heavy atom. The van der Waals surface area contributed by atoms with E-state index in [-0.39, 0.29) is 24.5 Å². The summed E-state index contributed by atoms with van der Waals surface area (Å²) in [7, 11) is 0. The number of nitrogens with one attached hydrogen (secondary N) is 1. The summed E-state index contributed by atoms with van der Waals surface area (Å²) in [4.78, 5) is 38.9. The van der Waals surface area contributed by atoms with Crippen molar-refractivity contribution in [1.29, 1.82) is 0 Å². The topological polar surface area (TPSA) is 89.9 Å². The van der Waals surface area contributed by atoms with Gasteiger partial charge in [-0.05, 0) is 31.0 Å². The highest BCUT2D eigenvalue weighted by Gasteiger charge is 2.30. The molecule has 3 rings (SSSR count). The fourth-order valence-corrected chi connectivity index (χ4v) is 3.67. The lowest BCUT2D eigenvalue weighted by molar-refractivity contribution is -0.138. The number of halogens is 1. The van der Waals surface area contributed by atoms with Gasteiger partial charge in [-0.1, -0.05) is 24.4 Å². The van der Waals surface area contributed by atoms with Crippen LogP contribution < -0.4 is 10.2 Å². The van der Waals surface area contributed by atoms with Crippen molar-refractivity contribution in [2.75, 3.05) is 24.5 Å². The molecule has 0 unspecified atom stereocenters. The summed E-state index contributed by atoms with van der Waals surface area (Å²) >= 11 is 6.20. The molecule has 1 aromatic rings. The maximum atomic E-state index is 12.9. The van der Waals surface area contributed by atoms with Gasteiger partial charge in [-0.2, -0.15) is 0 Å². The maximum Gasteiger partial charge on any atom is 0.323 e. The van der Waals surface area contributed by atoms with Gasteiger partial charge in [0.15, 0.2) is 0 Å². The fraction of sp³-hybridized carbons (Fsp3) is 0.471. The third kappa shape index (κ3) is 3.71. The van der Waals surface area contributed by atoms with Crippen molar-refractivity contribution in [3.05, 3.63) is 28.8 Å². The third-order valence-electron chi connectivity index (χ3n) is 4.67. The van der Waals surface area contributed by atoms with Gasteiger partial charge in [0.1, 0.15) is 6.54 Å². The molecule has 2 N–H and O–H groups in total. The molecule has 0 spiro atoms. The summed E-state index contributed by atoms with van der Waals surface area (Å²) in [6.45, 7) is 0.657. The second-order valence-electron chi connectivity index (χ2n) is 6.31. The average Bonchev–Trinajstić information content (AvgIpc) is 3.24. The van der Waals surface area contributed by atoms with E-state index in [1.165, 1.54) is 9.80 Å². The summed E-state index contributed by atoms with van der Waals surface area (Å²) in [6, 6.07) is 4.40. The maximum absolute atomic E-state index is 12.9. The van der Waals surface area contributed by atoms with Crippen LogP contribution in [-0.2, 0) is 4.79 Å². The molecule has 8 heteroatoms. The first-order valence-electron chi connectivity index (χ1n) is 8.35. The van der Waals surface area contributed by atoms with E-state index in [1.807, 2.05) is 0 Å². The standard InChI is InChI=1S/C17H20ClN3O4/c18-13-6-5-11(9-14(13)20-8-7-19-17(20)25)16(24)21(10-15(22)23)12-3-1-2-4-12/h5-6,9,12H,1-4,7-8,10H2,(H,19,25)(H,22,23). The van der Waals surface area contributed by atoms with E-state index in [2.05, 4.69) is 5.32 Å². The monoisotopic (exact) mass is 365 g/mol. The number of carbonyl (C=O) groups is 3. The molecule has 2 aliphatic rings. The Bertz CT molecular complexity index is 703. The van der Waals surface area contributed by atoms with Crippen LogP contribution in [0.3, 0.4) is 0 Å². The van der Waals surface area contributed by atoms with Gasteiger partial charge in [0.2, 0.25) is 0 Å². The Hall–Kier alpha value is -2.28. The average molecular weight is 366 g/mol. The lowest BCUT2D eigenvalue weighted by Crippen LogP contribution is -2.42. The Morgan fingerprint density at radius 3 is 2.64 bits per heavy atom. The van der Waals surface area contributed by atoms with E-state index >= 15 is 0 Å². The van der Waals surface area contributed by atoms with Crippen LogP contribution in [0.25, 0.3) is 0 Å². The molecular formula is C17H20ClN3O4. The van der Waals surface area contributed by atoms with Gasteiger partial charge in [-0.3, -0.25) is 14.5 Å². The summed E-state index contributed by atoms with van der Waals surface area (Å²) < 4.78 is 0. The van der Waals surface area contributed by atoms with Crippen LogP contribution in [0.4, 0.5) is 10.5 Å². The van der Waals surface area contributed by atoms with E-state index in [0.717, 1.165) is 25.7 Å². The van der Waals surface area contributed by atoms with E-state index in [4.69, 9.17) is 16.7 Å². The molecule has 1 aliphatic heterocycles. The Morgan fingerprint density at radius 1 is 1.32 bits per heavy atom. The summed E-state index contributed by atoms with van der Waals surface area (Å²) in [5.74, 6) is -1.37. The van der Waals surface area contributed by atoms with Crippen LogP contribution in [0.5, 0.6) is 0 Å². The highest BCUT2D eigenvalue weighted by atomic mass is 35.5. The zero-order chi connectivity index (χ0) is 18.0. The zero-order valence-corrected chi connectivity index (χ0v) is 14.5. The largest absolute Gasteiger partial charge is 0.480 e. The molecular weight excluding hydrogens is 346 g/mol. The van der Waals surface area contributed by atoms with Crippen molar-refractivity contribution >= 4 is 35.2 Å². The number of anilines is 1. The second-order valence-corrected chi connectivity index (χ2v) is 6.72. The molecule has 134 valence electrons. The molecule has 0 bridgehead atoms. The molecule has 0 atom stereocenters. The van der Waals surface area contributed by atoms with Crippen molar-refractivity contribution in [1.82, 2.24) is 10.2 Å². The summed E-state index contributed by atoms with van der Waals surface area (Å²) in [5, 5.41) is 12.2. The van der Waals surface area contributed by atoms with E-state index in [9.17, 15) is 14.4 Å². The fourth-order valence-electron chi connectivity index (χ4n) is 3.45. The van der Waals surface area contributed by atoms with Crippen molar-refractivity contribution in [2.45, 2.75) is 31.7 Å². The first-order chi connectivity index (χ1) is 12.0. The molecule has 1 saturated carbocycles. The second kappa shape index (κ2) is 7.31. The number of rotatable bonds is 5. The number of urea groups is 1. The number of carboxylic acid groups (broad SMARTS) is 1. The molecule has 1 aromatic carbocycles. The van der Waals surface area contributed by atoms with Crippen LogP contribution in [-0.4, -0.2) is 53.6 Å². The van der Waals surface area contributed by atoms with Gasteiger partial charge in [0, 0.05) is 24.7 Å². The molecule has 1 aliphatic carbocycles. The minimum absolute atomic E-state index is 0.0576. The predicted octanol–water partition coefficient (Wildman–Crippen LogP) is 2.34. The van der Waals surface area contributed by atoms with Gasteiger partial charge >= 0.3 is 12.0 Å². The van der Waals surface area contributed by atoms with Crippen LogP contribution in [0, 0.1) is 0 Å². The number of aliphatic carboxylic acids is 1. The highest BCUT2D eigenvalue weighted by Crippen LogP contribution is 2.30. The minimum Gasteiger partial charge on any atom is -0.480 e. The molecule has 25 heavy (non-hydrogen) atoms. The van der Waals surface area contributed by atoms with Crippen molar-refractivity contribution < 1.29 is 19.5 Å². The molecule has 1 saturated heterocycles. The number of amides is 3. The first kappa shape index (κ1) is 17.5. The minimum atomic E-state index is -1.03. The third-order valence-corrected chi connectivity index (χ3v) is 4.99. The number of hydrogen-bond acceptors (Lipinski definition) is 3. The summed E-state index contributed by atoms with van der Waals surface area (Å²) in [5.41, 5.74) is 0.802. The number of nitrogens with zero attached hydrogens (tertiary/aromatic N) is 2. The van der Waals surface area contributed by atoms with Gasteiger partial charge < -0.3 is 15.3 Å². The lowest BCUT2D eigenvalue weighted by atomic mass is 10.1. The Balaban J connectivity index is 1.89. The quantitative estimate of drug-likeness (QED) is 0.838. The number of benzene rings is 1. The van der Waals surface area contributed by atoms with Crippen LogP contribution in [0.1, 0.15) is 36.0 Å². The van der Waals surface area contributed by atoms with E-state index in [1.54, 1.807) is 18.2 Å². The van der Waals surface area contributed by atoms with E-state index < -0.39 is 5.97 Å². The van der Waals surface area contributed by atoms with Gasteiger partial charge in [-0.15, -0.1) is 0 Å². The van der Waals surface area contributed by atoms with Crippen LogP contribution in [0.15, 0.2) is 18.2 Å². The van der Waals surface area contributed by atoms with Crippen LogP contribution >= 0.6 is 11.6 Å². The number of hydrogen-bond donors (Lipinski definition) is 2. The van der Waals surface area contributed by atoms with Crippen molar-refractivity contribution in [2.24, 2.45) is 0 Å². The normalized spacial score (nSPS) is 17.6. The molecule has 1 heterocycles. The van der Waals surface area contributed by atoms with Gasteiger partial charge in [-0.25, -0.2) is 4.79 Å². The van der Waals surface area contributed by atoms with E-state index in [0.29, 0.717) is 29.4 Å². The predicted molar refractivity (Wildman–Crippen MR) is 93.1 cm³/mol. The molecule has 2 fully saturated rings. The van der Waals surface area contributed by atoms with Gasteiger partial charge in [0.05, 0.1) is 10.7 Å². The zero-order valence-electron chi connectivity index (χ0n) is 13.7. The number of carboxylic acids is 1. The molecule has 0 aromatic heterocycles. The van der Waals surface area contributed by atoms with Gasteiger partial charge in [0.25, 0.3) is 5.91 Å². The molecule has 0 radical (unpaired) electrons. The van der Waals surface area contributed by atoms with Crippen molar-refractivity contribution in [3.8, 4) is 0 Å². The van der Waals surface area contributed by atoms with Crippen LogP contribution in [0.2, 0.25) is 5.02 Å². The first-order valence-corrected chi connectivity index (χ1v) is 8.73. The molecule has 7 nitrogen and oxygen atoms in total.